The summed E-state index contributed by atoms with van der Waals surface area (Å²) in [4.78, 5) is 13.9. The number of aliphatic hydroxyl groups is 1. The Balaban J connectivity index is 3.00. The third-order valence-electron chi connectivity index (χ3n) is 2.43. The SMILES string of the molecule is C[C@@H](O)[C@@H](N=[N+]=[N-])[C@@H]1OC(C)(C)O[C@@H]1C(N)=O. The highest BCUT2D eigenvalue weighted by atomic mass is 16.8. The minimum atomic E-state index is -1.05. The fourth-order valence-corrected chi connectivity index (χ4v) is 1.76. The summed E-state index contributed by atoms with van der Waals surface area (Å²) in [5.41, 5.74) is 13.6. The van der Waals surface area contributed by atoms with Gasteiger partial charge in [-0.1, -0.05) is 5.11 Å². The third kappa shape index (κ3) is 3.07. The highest BCUT2D eigenvalue weighted by molar-refractivity contribution is 5.80. The lowest BCUT2D eigenvalue weighted by molar-refractivity contribution is -0.156. The second-order valence-electron chi connectivity index (χ2n) is 4.36. The molecule has 1 aliphatic rings. The van der Waals surface area contributed by atoms with E-state index in [4.69, 9.17) is 20.7 Å². The van der Waals surface area contributed by atoms with Gasteiger partial charge in [-0.2, -0.15) is 0 Å². The fourth-order valence-electron chi connectivity index (χ4n) is 1.76. The molecular formula is C9H16N4O4. The van der Waals surface area contributed by atoms with Crippen LogP contribution in [0.5, 0.6) is 0 Å². The Morgan fingerprint density at radius 3 is 2.59 bits per heavy atom. The number of nitrogens with two attached hydrogens (primary N) is 1. The molecule has 0 aromatic carbocycles. The number of aliphatic hydroxyl groups excluding tert-OH is 1. The highest BCUT2D eigenvalue weighted by Crippen LogP contribution is 2.31. The van der Waals surface area contributed by atoms with Crippen molar-refractivity contribution in [2.75, 3.05) is 0 Å². The molecule has 0 bridgehead atoms. The van der Waals surface area contributed by atoms with E-state index in [2.05, 4.69) is 10.0 Å². The van der Waals surface area contributed by atoms with E-state index >= 15 is 0 Å². The van der Waals surface area contributed by atoms with Gasteiger partial charge in [-0.25, -0.2) is 0 Å². The van der Waals surface area contributed by atoms with Crippen molar-refractivity contribution in [2.24, 2.45) is 10.8 Å². The van der Waals surface area contributed by atoms with Gasteiger partial charge in [0.2, 0.25) is 5.91 Å². The summed E-state index contributed by atoms with van der Waals surface area (Å²) in [7, 11) is 0. The topological polar surface area (TPSA) is 131 Å². The summed E-state index contributed by atoms with van der Waals surface area (Å²) < 4.78 is 10.8. The summed E-state index contributed by atoms with van der Waals surface area (Å²) in [6, 6.07) is -0.931. The molecular weight excluding hydrogens is 228 g/mol. The summed E-state index contributed by atoms with van der Waals surface area (Å²) in [6.45, 7) is 4.66. The molecule has 0 aromatic heterocycles. The molecule has 1 heterocycles. The number of amides is 1. The Hall–Kier alpha value is -1.34. The quantitative estimate of drug-likeness (QED) is 0.411. The van der Waals surface area contributed by atoms with Crippen LogP contribution in [-0.4, -0.2) is 41.2 Å². The number of azide groups is 1. The second kappa shape index (κ2) is 4.89. The molecule has 1 saturated heterocycles. The summed E-state index contributed by atoms with van der Waals surface area (Å²) in [5.74, 6) is -1.73. The van der Waals surface area contributed by atoms with Crippen molar-refractivity contribution in [3.63, 3.8) is 0 Å². The lowest BCUT2D eigenvalue weighted by atomic mass is 10.0. The molecule has 4 atom stereocenters. The van der Waals surface area contributed by atoms with E-state index in [1.807, 2.05) is 0 Å². The van der Waals surface area contributed by atoms with E-state index in [0.29, 0.717) is 0 Å². The lowest BCUT2D eigenvalue weighted by Crippen LogP contribution is -2.46. The molecule has 0 radical (unpaired) electrons. The van der Waals surface area contributed by atoms with Gasteiger partial charge >= 0.3 is 0 Å². The predicted molar refractivity (Wildman–Crippen MR) is 57.6 cm³/mol. The fraction of sp³-hybridized carbons (Fsp3) is 0.889. The molecule has 1 aliphatic heterocycles. The summed E-state index contributed by atoms with van der Waals surface area (Å²) >= 11 is 0. The maximum atomic E-state index is 11.2. The third-order valence-corrected chi connectivity index (χ3v) is 2.43. The van der Waals surface area contributed by atoms with E-state index < -0.39 is 36.0 Å². The zero-order chi connectivity index (χ0) is 13.2. The van der Waals surface area contributed by atoms with Crippen molar-refractivity contribution in [2.45, 2.75) is 50.9 Å². The maximum Gasteiger partial charge on any atom is 0.249 e. The van der Waals surface area contributed by atoms with Crippen LogP contribution in [0.2, 0.25) is 0 Å². The van der Waals surface area contributed by atoms with Crippen LogP contribution in [0.25, 0.3) is 10.4 Å². The number of carbonyl (C=O) groups excluding carboxylic acids is 1. The monoisotopic (exact) mass is 244 g/mol. The number of hydrogen-bond donors (Lipinski definition) is 2. The second-order valence-corrected chi connectivity index (χ2v) is 4.36. The van der Waals surface area contributed by atoms with E-state index in [0.717, 1.165) is 0 Å². The van der Waals surface area contributed by atoms with E-state index in [1.54, 1.807) is 13.8 Å². The molecule has 1 rings (SSSR count). The Morgan fingerprint density at radius 1 is 1.59 bits per heavy atom. The maximum absolute atomic E-state index is 11.2. The Bertz CT molecular complexity index is 351. The van der Waals surface area contributed by atoms with Gasteiger partial charge in [0.15, 0.2) is 11.9 Å². The van der Waals surface area contributed by atoms with Crippen LogP contribution >= 0.6 is 0 Å². The average molecular weight is 244 g/mol. The standard InChI is InChI=1S/C9H16N4O4/c1-4(14)5(12-13-11)6-7(8(10)15)17-9(2,3)16-6/h4-7,14H,1-3H3,(H2,10,15)/t4-,5-,6+,7+/m1/s1. The van der Waals surface area contributed by atoms with Crippen molar-refractivity contribution < 1.29 is 19.4 Å². The smallest absolute Gasteiger partial charge is 0.249 e. The number of ether oxygens (including phenoxy) is 2. The first-order chi connectivity index (χ1) is 7.78. The van der Waals surface area contributed by atoms with Gasteiger partial charge in [0.25, 0.3) is 0 Å². The first kappa shape index (κ1) is 13.7. The average Bonchev–Trinajstić information content (AvgIpc) is 2.50. The minimum Gasteiger partial charge on any atom is -0.393 e. The molecule has 0 spiro atoms. The first-order valence-corrected chi connectivity index (χ1v) is 5.15. The van der Waals surface area contributed by atoms with Crippen molar-refractivity contribution >= 4 is 5.91 Å². The largest absolute Gasteiger partial charge is 0.393 e. The zero-order valence-electron chi connectivity index (χ0n) is 9.90. The highest BCUT2D eigenvalue weighted by Gasteiger charge is 2.48. The molecule has 0 aliphatic carbocycles. The van der Waals surface area contributed by atoms with Crippen LogP contribution in [0, 0.1) is 0 Å². The normalized spacial score (nSPS) is 30.4. The Labute approximate surface area is 98.3 Å². The van der Waals surface area contributed by atoms with Crippen LogP contribution in [0.3, 0.4) is 0 Å². The molecule has 1 fully saturated rings. The number of hydrogen-bond acceptors (Lipinski definition) is 5. The number of carbonyl (C=O) groups is 1. The van der Waals surface area contributed by atoms with E-state index in [9.17, 15) is 9.90 Å². The van der Waals surface area contributed by atoms with Gasteiger partial charge in [-0.3, -0.25) is 4.79 Å². The molecule has 96 valence electrons. The zero-order valence-corrected chi connectivity index (χ0v) is 9.90. The van der Waals surface area contributed by atoms with Gasteiger partial charge in [0, 0.05) is 4.91 Å². The van der Waals surface area contributed by atoms with Gasteiger partial charge in [-0.15, -0.1) is 0 Å². The summed E-state index contributed by atoms with van der Waals surface area (Å²) in [6.07, 6.45) is -2.91. The number of rotatable bonds is 4. The van der Waals surface area contributed by atoms with E-state index in [-0.39, 0.29) is 0 Å². The van der Waals surface area contributed by atoms with Gasteiger partial charge in [0.1, 0.15) is 6.10 Å². The molecule has 8 nitrogen and oxygen atoms in total. The molecule has 0 unspecified atom stereocenters. The molecule has 17 heavy (non-hydrogen) atoms. The van der Waals surface area contributed by atoms with Crippen LogP contribution in [0.15, 0.2) is 5.11 Å². The Morgan fingerprint density at radius 2 is 2.18 bits per heavy atom. The van der Waals surface area contributed by atoms with Crippen LogP contribution in [0.4, 0.5) is 0 Å². The van der Waals surface area contributed by atoms with Crippen molar-refractivity contribution in [3.8, 4) is 0 Å². The van der Waals surface area contributed by atoms with Crippen molar-refractivity contribution in [3.05, 3.63) is 10.4 Å². The molecule has 3 N–H and O–H groups in total. The van der Waals surface area contributed by atoms with Crippen LogP contribution in [0.1, 0.15) is 20.8 Å². The molecule has 0 aromatic rings. The van der Waals surface area contributed by atoms with Crippen molar-refractivity contribution in [1.29, 1.82) is 0 Å². The van der Waals surface area contributed by atoms with E-state index in [1.165, 1.54) is 6.92 Å². The van der Waals surface area contributed by atoms with Crippen LogP contribution < -0.4 is 5.73 Å². The lowest BCUT2D eigenvalue weighted by Gasteiger charge is -2.23. The Kier molecular flexibility index (Phi) is 3.94. The van der Waals surface area contributed by atoms with Gasteiger partial charge in [-0.05, 0) is 26.3 Å². The van der Waals surface area contributed by atoms with Gasteiger partial charge in [0.05, 0.1) is 12.1 Å². The predicted octanol–water partition coefficient (Wildman–Crippen LogP) is 0.0515. The molecule has 8 heteroatoms. The summed E-state index contributed by atoms with van der Waals surface area (Å²) in [5, 5.41) is 12.9. The number of nitrogens with zero attached hydrogens (tertiary/aromatic N) is 3. The first-order valence-electron chi connectivity index (χ1n) is 5.15. The van der Waals surface area contributed by atoms with Crippen LogP contribution in [-0.2, 0) is 14.3 Å². The molecule has 1 amide bonds. The molecule has 0 saturated carbocycles. The van der Waals surface area contributed by atoms with Crippen molar-refractivity contribution in [1.82, 2.24) is 0 Å². The minimum absolute atomic E-state index is 0.723. The number of primary amides is 1. The van der Waals surface area contributed by atoms with Gasteiger partial charge < -0.3 is 20.3 Å².